The minimum absolute atomic E-state index is 0.113. The summed E-state index contributed by atoms with van der Waals surface area (Å²) in [4.78, 5) is 23.9. The molecule has 0 saturated heterocycles. The Bertz CT molecular complexity index is 878. The van der Waals surface area contributed by atoms with Gasteiger partial charge in [0.25, 0.3) is 5.56 Å². The standard InChI is InChI=1S/C13H10ClN3O2/c1-16-12(18)6-11(14)17(13(16)19)8-10-5-3-2-4-9(10)7-15/h2-6H,8H2,1H3/i1D3. The maximum absolute atomic E-state index is 12.3. The summed E-state index contributed by atoms with van der Waals surface area (Å²) in [5.41, 5.74) is -1.23. The van der Waals surface area contributed by atoms with Crippen molar-refractivity contribution in [3.05, 3.63) is 67.4 Å². The largest absolute Gasteiger partial charge is 0.332 e. The molecule has 96 valence electrons. The minimum Gasteiger partial charge on any atom is -0.279 e. The summed E-state index contributed by atoms with van der Waals surface area (Å²) in [5.74, 6) is 0. The van der Waals surface area contributed by atoms with E-state index >= 15 is 0 Å². The summed E-state index contributed by atoms with van der Waals surface area (Å²) >= 11 is 5.89. The first-order valence-corrected chi connectivity index (χ1v) is 5.64. The SMILES string of the molecule is [2H]C([2H])([2H])n1c(=O)cc(Cl)n(Cc2ccccc2C#N)c1=O. The Morgan fingerprint density at radius 2 is 2.16 bits per heavy atom. The van der Waals surface area contributed by atoms with E-state index in [1.165, 1.54) is 0 Å². The van der Waals surface area contributed by atoms with E-state index in [4.69, 9.17) is 21.0 Å². The van der Waals surface area contributed by atoms with Gasteiger partial charge in [-0.15, -0.1) is 0 Å². The molecule has 1 aromatic carbocycles. The molecule has 5 nitrogen and oxygen atoms in total. The lowest BCUT2D eigenvalue weighted by atomic mass is 10.1. The Labute approximate surface area is 118 Å². The van der Waals surface area contributed by atoms with E-state index in [-0.39, 0.29) is 16.3 Å². The molecule has 0 unspecified atom stereocenters. The van der Waals surface area contributed by atoms with Crippen LogP contribution in [0, 0.1) is 11.3 Å². The average Bonchev–Trinajstić information content (AvgIpc) is 2.42. The molecule has 0 N–H and O–H groups in total. The van der Waals surface area contributed by atoms with Gasteiger partial charge >= 0.3 is 5.69 Å². The van der Waals surface area contributed by atoms with Crippen LogP contribution in [0.3, 0.4) is 0 Å². The van der Waals surface area contributed by atoms with Gasteiger partial charge in [0, 0.05) is 17.2 Å². The fourth-order valence-electron chi connectivity index (χ4n) is 1.63. The fourth-order valence-corrected chi connectivity index (χ4v) is 1.86. The van der Waals surface area contributed by atoms with Crippen molar-refractivity contribution in [1.29, 1.82) is 5.26 Å². The van der Waals surface area contributed by atoms with Gasteiger partial charge in [0.05, 0.1) is 18.2 Å². The fraction of sp³-hybridized carbons (Fsp3) is 0.154. The van der Waals surface area contributed by atoms with Gasteiger partial charge in [-0.05, 0) is 11.6 Å². The van der Waals surface area contributed by atoms with Gasteiger partial charge in [0.15, 0.2) is 0 Å². The van der Waals surface area contributed by atoms with E-state index in [2.05, 4.69) is 0 Å². The Balaban J connectivity index is 2.65. The lowest BCUT2D eigenvalue weighted by molar-refractivity contribution is 0.646. The van der Waals surface area contributed by atoms with Crippen molar-refractivity contribution < 1.29 is 4.11 Å². The maximum Gasteiger partial charge on any atom is 0.332 e. The highest BCUT2D eigenvalue weighted by Crippen LogP contribution is 2.11. The van der Waals surface area contributed by atoms with E-state index in [0.29, 0.717) is 11.1 Å². The van der Waals surface area contributed by atoms with Gasteiger partial charge in [0.1, 0.15) is 5.15 Å². The molecule has 0 bridgehead atoms. The van der Waals surface area contributed by atoms with Crippen molar-refractivity contribution in [3.63, 3.8) is 0 Å². The van der Waals surface area contributed by atoms with E-state index < -0.39 is 18.2 Å². The Morgan fingerprint density at radius 1 is 1.42 bits per heavy atom. The molecule has 2 aromatic rings. The Morgan fingerprint density at radius 3 is 2.84 bits per heavy atom. The molecule has 6 heteroatoms. The van der Waals surface area contributed by atoms with Crippen LogP contribution in [0.2, 0.25) is 5.15 Å². The smallest absolute Gasteiger partial charge is 0.279 e. The van der Waals surface area contributed by atoms with E-state index in [1.807, 2.05) is 6.07 Å². The normalized spacial score (nSPS) is 13.2. The first-order chi connectivity index (χ1) is 10.3. The van der Waals surface area contributed by atoms with Gasteiger partial charge < -0.3 is 0 Å². The van der Waals surface area contributed by atoms with Crippen LogP contribution in [-0.2, 0) is 13.5 Å². The maximum atomic E-state index is 12.3. The second-order valence-corrected chi connectivity index (χ2v) is 4.17. The highest BCUT2D eigenvalue weighted by molar-refractivity contribution is 6.29. The minimum atomic E-state index is -2.91. The molecule has 0 radical (unpaired) electrons. The summed E-state index contributed by atoms with van der Waals surface area (Å²) < 4.78 is 22.9. The molecule has 1 heterocycles. The highest BCUT2D eigenvalue weighted by atomic mass is 35.5. The molecule has 0 atom stereocenters. The topological polar surface area (TPSA) is 67.8 Å². The monoisotopic (exact) mass is 278 g/mol. The van der Waals surface area contributed by atoms with Gasteiger partial charge in [-0.25, -0.2) is 4.79 Å². The average molecular weight is 279 g/mol. The molecule has 0 aliphatic carbocycles. The van der Waals surface area contributed by atoms with Crippen LogP contribution in [0.25, 0.3) is 0 Å². The number of nitriles is 1. The number of benzene rings is 1. The van der Waals surface area contributed by atoms with Crippen molar-refractivity contribution in [3.8, 4) is 6.07 Å². The van der Waals surface area contributed by atoms with E-state index in [1.54, 1.807) is 24.3 Å². The van der Waals surface area contributed by atoms with Crippen LogP contribution >= 0.6 is 11.6 Å². The zero-order valence-corrected chi connectivity index (χ0v) is 10.4. The quantitative estimate of drug-likeness (QED) is 0.773. The van der Waals surface area contributed by atoms with Crippen LogP contribution in [0.15, 0.2) is 39.9 Å². The number of aromatic nitrogens is 2. The van der Waals surface area contributed by atoms with Gasteiger partial charge in [-0.3, -0.25) is 13.9 Å². The zero-order valence-electron chi connectivity index (χ0n) is 12.6. The van der Waals surface area contributed by atoms with Crippen molar-refractivity contribution in [2.75, 3.05) is 0 Å². The van der Waals surface area contributed by atoms with Crippen molar-refractivity contribution in [2.45, 2.75) is 6.54 Å². The third kappa shape index (κ3) is 2.44. The lowest BCUT2D eigenvalue weighted by Gasteiger charge is -2.10. The van der Waals surface area contributed by atoms with Gasteiger partial charge in [0.2, 0.25) is 0 Å². The number of hydrogen-bond donors (Lipinski definition) is 0. The third-order valence-corrected chi connectivity index (χ3v) is 2.92. The molecule has 0 amide bonds. The predicted octanol–water partition coefficient (Wildman–Crippen LogP) is 1.12. The van der Waals surface area contributed by atoms with E-state index in [9.17, 15) is 9.59 Å². The Hall–Kier alpha value is -2.32. The molecule has 19 heavy (non-hydrogen) atoms. The van der Waals surface area contributed by atoms with Crippen LogP contribution in [0.1, 0.15) is 15.2 Å². The summed E-state index contributed by atoms with van der Waals surface area (Å²) in [7, 11) is 0. The van der Waals surface area contributed by atoms with Crippen LogP contribution in [-0.4, -0.2) is 9.13 Å². The molecular weight excluding hydrogens is 266 g/mol. The Kier molecular flexibility index (Phi) is 2.59. The third-order valence-electron chi connectivity index (χ3n) is 2.61. The summed E-state index contributed by atoms with van der Waals surface area (Å²) in [5, 5.41) is 8.86. The van der Waals surface area contributed by atoms with Crippen molar-refractivity contribution >= 4 is 11.6 Å². The second kappa shape index (κ2) is 5.12. The van der Waals surface area contributed by atoms with Crippen LogP contribution in [0.4, 0.5) is 0 Å². The summed E-state index contributed by atoms with van der Waals surface area (Å²) in [6, 6.07) is 9.36. The lowest BCUT2D eigenvalue weighted by Crippen LogP contribution is -2.38. The number of nitrogens with zero attached hydrogens (tertiary/aromatic N) is 3. The first kappa shape index (κ1) is 9.59. The molecule has 0 aliphatic rings. The van der Waals surface area contributed by atoms with E-state index in [0.717, 1.165) is 10.6 Å². The molecule has 0 aliphatic heterocycles. The predicted molar refractivity (Wildman–Crippen MR) is 71.2 cm³/mol. The zero-order chi connectivity index (χ0) is 16.5. The highest BCUT2D eigenvalue weighted by Gasteiger charge is 2.09. The molecule has 0 fully saturated rings. The van der Waals surface area contributed by atoms with Crippen LogP contribution < -0.4 is 11.2 Å². The second-order valence-electron chi connectivity index (χ2n) is 3.78. The number of halogens is 1. The summed E-state index contributed by atoms with van der Waals surface area (Å²) in [6.45, 7) is -3.02. The first-order valence-electron chi connectivity index (χ1n) is 6.76. The number of rotatable bonds is 2. The molecule has 0 saturated carbocycles. The molecular formula is C13H10ClN3O2. The van der Waals surface area contributed by atoms with Crippen molar-refractivity contribution in [1.82, 2.24) is 9.13 Å². The summed E-state index contributed by atoms with van der Waals surface area (Å²) in [6.07, 6.45) is 0. The van der Waals surface area contributed by atoms with Crippen LogP contribution in [0.5, 0.6) is 0 Å². The molecule has 1 aromatic heterocycles. The molecule has 0 spiro atoms. The van der Waals surface area contributed by atoms with Gasteiger partial charge in [-0.2, -0.15) is 5.26 Å². The van der Waals surface area contributed by atoms with Crippen molar-refractivity contribution in [2.24, 2.45) is 6.98 Å². The van der Waals surface area contributed by atoms with Gasteiger partial charge in [-0.1, -0.05) is 29.8 Å². The number of hydrogen-bond acceptors (Lipinski definition) is 3. The molecule has 2 rings (SSSR count).